The molecule has 2 aromatic rings. The number of aromatic nitrogens is 1. The van der Waals surface area contributed by atoms with Gasteiger partial charge in [0.15, 0.2) is 5.13 Å². The van der Waals surface area contributed by atoms with Crippen molar-refractivity contribution < 1.29 is 4.79 Å². The molecule has 1 aliphatic rings. The van der Waals surface area contributed by atoms with Crippen molar-refractivity contribution >= 4 is 51.3 Å². The highest BCUT2D eigenvalue weighted by Gasteiger charge is 2.20. The largest absolute Gasteiger partial charge is 0.297 e. The molecule has 3 rings (SSSR count). The van der Waals surface area contributed by atoms with Crippen LogP contribution in [0.15, 0.2) is 23.6 Å². The van der Waals surface area contributed by atoms with Crippen molar-refractivity contribution in [2.45, 2.75) is 32.7 Å². The van der Waals surface area contributed by atoms with Crippen molar-refractivity contribution in [1.82, 2.24) is 9.88 Å². The molecule has 1 aromatic carbocycles. The highest BCUT2D eigenvalue weighted by atomic mass is 35.5. The monoisotopic (exact) mass is 383 g/mol. The summed E-state index contributed by atoms with van der Waals surface area (Å²) in [5.74, 6) is -0.104. The molecule has 0 N–H and O–H groups in total. The lowest BCUT2D eigenvalue weighted by molar-refractivity contribution is -0.115. The number of hydrogen-bond acceptors (Lipinski definition) is 4. The van der Waals surface area contributed by atoms with Crippen molar-refractivity contribution in [2.75, 3.05) is 18.0 Å². The van der Waals surface area contributed by atoms with Gasteiger partial charge in [0.25, 0.3) is 0 Å². The number of nitrogens with zero attached hydrogens (tertiary/aromatic N) is 3. The van der Waals surface area contributed by atoms with Gasteiger partial charge in [0, 0.05) is 18.8 Å². The van der Waals surface area contributed by atoms with Gasteiger partial charge in [-0.25, -0.2) is 4.98 Å². The number of anilines is 2. The van der Waals surface area contributed by atoms with E-state index >= 15 is 0 Å². The first-order valence-corrected chi connectivity index (χ1v) is 9.60. The van der Waals surface area contributed by atoms with Gasteiger partial charge in [-0.2, -0.15) is 0 Å². The lowest BCUT2D eigenvalue weighted by Gasteiger charge is -2.25. The first-order chi connectivity index (χ1) is 11.5. The van der Waals surface area contributed by atoms with Crippen LogP contribution in [0, 0.1) is 0 Å². The number of benzene rings is 1. The summed E-state index contributed by atoms with van der Waals surface area (Å²) in [5.41, 5.74) is 1.68. The second kappa shape index (κ2) is 7.83. The van der Waals surface area contributed by atoms with Crippen LogP contribution in [0.3, 0.4) is 0 Å². The molecule has 1 amide bonds. The van der Waals surface area contributed by atoms with E-state index in [0.29, 0.717) is 20.9 Å². The number of likely N-dealkylation sites (tertiary alicyclic amines) is 1. The molecule has 0 spiro atoms. The summed E-state index contributed by atoms with van der Waals surface area (Å²) >= 11 is 13.5. The van der Waals surface area contributed by atoms with Gasteiger partial charge in [-0.15, -0.1) is 11.3 Å². The zero-order valence-electron chi connectivity index (χ0n) is 13.5. The summed E-state index contributed by atoms with van der Waals surface area (Å²) in [7, 11) is 0. The molecular weight excluding hydrogens is 365 g/mol. The molecule has 24 heavy (non-hydrogen) atoms. The van der Waals surface area contributed by atoms with Crippen LogP contribution in [-0.4, -0.2) is 28.9 Å². The van der Waals surface area contributed by atoms with Gasteiger partial charge in [-0.1, -0.05) is 29.6 Å². The van der Waals surface area contributed by atoms with Gasteiger partial charge in [0.1, 0.15) is 0 Å². The standard InChI is InChI=1S/C17H19Cl2N3OS/c1-12(23)22(14-5-6-15(18)16(19)9-14)17-20-13(11-24-17)10-21-7-3-2-4-8-21/h5-6,9,11H,2-4,7-8,10H2,1H3. The molecular formula is C17H19Cl2N3OS. The van der Waals surface area contributed by atoms with E-state index < -0.39 is 0 Å². The fourth-order valence-corrected chi connectivity index (χ4v) is 4.04. The molecule has 1 aliphatic heterocycles. The molecule has 0 atom stereocenters. The van der Waals surface area contributed by atoms with Gasteiger partial charge in [0.2, 0.25) is 5.91 Å². The smallest absolute Gasteiger partial charge is 0.230 e. The SMILES string of the molecule is CC(=O)N(c1ccc(Cl)c(Cl)c1)c1nc(CN2CCCCC2)cs1. The summed E-state index contributed by atoms with van der Waals surface area (Å²) in [6.45, 7) is 4.60. The first-order valence-electron chi connectivity index (χ1n) is 7.97. The van der Waals surface area contributed by atoms with Gasteiger partial charge in [-0.3, -0.25) is 14.6 Å². The van der Waals surface area contributed by atoms with Gasteiger partial charge >= 0.3 is 0 Å². The minimum atomic E-state index is -0.104. The number of carbonyl (C=O) groups excluding carboxylic acids is 1. The van der Waals surface area contributed by atoms with Crippen molar-refractivity contribution in [3.63, 3.8) is 0 Å². The Morgan fingerprint density at radius 3 is 2.67 bits per heavy atom. The quantitative estimate of drug-likeness (QED) is 0.734. The topological polar surface area (TPSA) is 36.4 Å². The fourth-order valence-electron chi connectivity index (χ4n) is 2.87. The third-order valence-electron chi connectivity index (χ3n) is 4.04. The summed E-state index contributed by atoms with van der Waals surface area (Å²) in [4.78, 5) is 20.8. The Hall–Kier alpha value is -1.14. The van der Waals surface area contributed by atoms with Crippen LogP contribution >= 0.6 is 34.5 Å². The van der Waals surface area contributed by atoms with Gasteiger partial charge in [-0.05, 0) is 44.1 Å². The number of thiazole rings is 1. The molecule has 0 radical (unpaired) electrons. The Morgan fingerprint density at radius 2 is 2.00 bits per heavy atom. The highest BCUT2D eigenvalue weighted by molar-refractivity contribution is 7.14. The number of halogens is 2. The van der Waals surface area contributed by atoms with E-state index in [1.165, 1.54) is 37.5 Å². The maximum Gasteiger partial charge on any atom is 0.230 e. The van der Waals surface area contributed by atoms with Crippen LogP contribution in [0.5, 0.6) is 0 Å². The maximum atomic E-state index is 12.1. The van der Waals surface area contributed by atoms with Crippen molar-refractivity contribution in [3.8, 4) is 0 Å². The molecule has 4 nitrogen and oxygen atoms in total. The molecule has 0 saturated carbocycles. The predicted molar refractivity (Wildman–Crippen MR) is 101 cm³/mol. The van der Waals surface area contributed by atoms with Crippen LogP contribution < -0.4 is 4.90 Å². The van der Waals surface area contributed by atoms with E-state index in [4.69, 9.17) is 23.2 Å². The zero-order valence-corrected chi connectivity index (χ0v) is 15.8. The Morgan fingerprint density at radius 1 is 1.25 bits per heavy atom. The van der Waals surface area contributed by atoms with E-state index in [-0.39, 0.29) is 5.91 Å². The van der Waals surface area contributed by atoms with Gasteiger partial charge in [0.05, 0.1) is 21.4 Å². The van der Waals surface area contributed by atoms with E-state index in [1.807, 2.05) is 5.38 Å². The minimum absolute atomic E-state index is 0.104. The second-order valence-electron chi connectivity index (χ2n) is 5.91. The van der Waals surface area contributed by atoms with E-state index in [1.54, 1.807) is 23.1 Å². The van der Waals surface area contributed by atoms with Crippen LogP contribution in [0.2, 0.25) is 10.0 Å². The lowest BCUT2D eigenvalue weighted by Crippen LogP contribution is -2.29. The molecule has 0 bridgehead atoms. The van der Waals surface area contributed by atoms with E-state index in [2.05, 4.69) is 9.88 Å². The van der Waals surface area contributed by atoms with E-state index in [0.717, 1.165) is 25.3 Å². The molecule has 0 aliphatic carbocycles. The molecule has 1 saturated heterocycles. The third kappa shape index (κ3) is 4.09. The molecule has 1 fully saturated rings. The van der Waals surface area contributed by atoms with Crippen LogP contribution in [0.1, 0.15) is 31.9 Å². The first kappa shape index (κ1) is 17.7. The van der Waals surface area contributed by atoms with Crippen molar-refractivity contribution in [1.29, 1.82) is 0 Å². The Balaban J connectivity index is 1.81. The van der Waals surface area contributed by atoms with E-state index in [9.17, 15) is 4.79 Å². The Kier molecular flexibility index (Phi) is 5.76. The number of carbonyl (C=O) groups is 1. The molecule has 0 unspecified atom stereocenters. The minimum Gasteiger partial charge on any atom is -0.297 e. The Labute approximate surface area is 156 Å². The maximum absolute atomic E-state index is 12.1. The second-order valence-corrected chi connectivity index (χ2v) is 7.56. The Bertz CT molecular complexity index is 728. The summed E-state index contributed by atoms with van der Waals surface area (Å²) in [6.07, 6.45) is 3.81. The fraction of sp³-hybridized carbons (Fsp3) is 0.412. The van der Waals surface area contributed by atoms with Crippen LogP contribution in [0.25, 0.3) is 0 Å². The number of hydrogen-bond donors (Lipinski definition) is 0. The predicted octanol–water partition coefficient (Wildman–Crippen LogP) is 5.12. The zero-order chi connectivity index (χ0) is 17.1. The van der Waals surface area contributed by atoms with Crippen LogP contribution in [0.4, 0.5) is 10.8 Å². The highest BCUT2D eigenvalue weighted by Crippen LogP contribution is 2.33. The molecule has 7 heteroatoms. The van der Waals surface area contributed by atoms with Crippen molar-refractivity contribution in [2.24, 2.45) is 0 Å². The van der Waals surface area contributed by atoms with Gasteiger partial charge < -0.3 is 0 Å². The molecule has 128 valence electrons. The number of rotatable bonds is 4. The average molecular weight is 384 g/mol. The van der Waals surface area contributed by atoms with Crippen molar-refractivity contribution in [3.05, 3.63) is 39.3 Å². The molecule has 1 aromatic heterocycles. The lowest BCUT2D eigenvalue weighted by atomic mass is 10.1. The average Bonchev–Trinajstić information content (AvgIpc) is 2.99. The summed E-state index contributed by atoms with van der Waals surface area (Å²) in [5, 5.41) is 3.57. The van der Waals surface area contributed by atoms with Crippen LogP contribution in [-0.2, 0) is 11.3 Å². The summed E-state index contributed by atoms with van der Waals surface area (Å²) < 4.78 is 0. The third-order valence-corrected chi connectivity index (χ3v) is 5.66. The summed E-state index contributed by atoms with van der Waals surface area (Å²) in [6, 6.07) is 5.16. The number of amides is 1. The number of piperidine rings is 1. The normalized spacial score (nSPS) is 15.5. The molecule has 2 heterocycles.